The predicted octanol–water partition coefficient (Wildman–Crippen LogP) is 4.55. The first-order chi connectivity index (χ1) is 16.0. The molecule has 2 aromatic rings. The van der Waals surface area contributed by atoms with E-state index in [1.807, 2.05) is 0 Å². The number of oxime groups is 1. The summed E-state index contributed by atoms with van der Waals surface area (Å²) in [4.78, 5) is 18.6. The van der Waals surface area contributed by atoms with Crippen molar-refractivity contribution in [3.8, 4) is 0 Å². The van der Waals surface area contributed by atoms with Gasteiger partial charge in [0.05, 0.1) is 11.1 Å². The van der Waals surface area contributed by atoms with Gasteiger partial charge in [0.15, 0.2) is 16.4 Å². The summed E-state index contributed by atoms with van der Waals surface area (Å²) in [6.45, 7) is 3.51. The second kappa shape index (κ2) is 7.26. The third-order valence-corrected chi connectivity index (χ3v) is 9.65. The molecule has 4 aliphatic carbocycles. The molecule has 1 amide bonds. The van der Waals surface area contributed by atoms with Gasteiger partial charge >= 0.3 is 0 Å². The molecular weight excluding hydrogens is 461 g/mol. The molecule has 8 nitrogen and oxygen atoms in total. The number of amides is 1. The summed E-state index contributed by atoms with van der Waals surface area (Å²) < 4.78 is 45.8. The van der Waals surface area contributed by atoms with Gasteiger partial charge in [0, 0.05) is 17.9 Å². The van der Waals surface area contributed by atoms with E-state index in [1.165, 1.54) is 25.3 Å². The van der Waals surface area contributed by atoms with Crippen LogP contribution in [-0.4, -0.2) is 30.1 Å². The molecule has 34 heavy (non-hydrogen) atoms. The highest BCUT2D eigenvalue weighted by molar-refractivity contribution is 8.05. The van der Waals surface area contributed by atoms with Crippen molar-refractivity contribution in [3.63, 3.8) is 0 Å². The van der Waals surface area contributed by atoms with Crippen LogP contribution in [0.25, 0.3) is 11.0 Å². The molecule has 0 unspecified atom stereocenters. The van der Waals surface area contributed by atoms with Crippen LogP contribution in [-0.2, 0) is 25.2 Å². The second-order valence-corrected chi connectivity index (χ2v) is 13.4. The molecule has 1 aromatic heterocycles. The Hall–Kier alpha value is -2.49. The molecule has 1 aliphatic heterocycles. The molecule has 10 heteroatoms. The minimum absolute atomic E-state index is 0.0257. The van der Waals surface area contributed by atoms with Crippen LogP contribution in [0.4, 0.5) is 10.1 Å². The number of carbonyl (C=O) groups excluding carboxylic acids is 1. The Morgan fingerprint density at radius 3 is 2.38 bits per heavy atom. The lowest BCUT2D eigenvalue weighted by Gasteiger charge is -2.55. The maximum Gasteiger partial charge on any atom is 0.230 e. The first-order valence-electron chi connectivity index (χ1n) is 11.9. The standard InChI is InChI=1S/C24H28FN3O5S/c1-23(2)11-21(28-33-23)34(30,31)12-19-16-6-18(17(25)7-20(16)32-27-19)26-22(29)24-8-13-3-14(9-24)5-15(4-13)10-24/h6-7,13-15H,3-5,8-12H2,1-2H3,(H,26,29). The number of nitrogens with one attached hydrogen (secondary N) is 1. The van der Waals surface area contributed by atoms with Gasteiger partial charge in [-0.1, -0.05) is 10.3 Å². The summed E-state index contributed by atoms with van der Waals surface area (Å²) in [5.74, 6) is 0.554. The van der Waals surface area contributed by atoms with Crippen molar-refractivity contribution < 1.29 is 27.0 Å². The number of halogens is 1. The van der Waals surface area contributed by atoms with Crippen molar-refractivity contribution in [3.05, 3.63) is 23.6 Å². The van der Waals surface area contributed by atoms with E-state index in [0.29, 0.717) is 23.1 Å². The zero-order chi connectivity index (χ0) is 23.9. The topological polar surface area (TPSA) is 111 Å². The number of nitrogens with zero attached hydrogens (tertiary/aromatic N) is 2. The van der Waals surface area contributed by atoms with Gasteiger partial charge in [-0.05, 0) is 76.2 Å². The molecule has 1 aromatic carbocycles. The number of fused-ring (bicyclic) bond motifs is 1. The molecule has 2 heterocycles. The maximum absolute atomic E-state index is 14.9. The number of sulfone groups is 1. The first-order valence-corrected chi connectivity index (χ1v) is 13.5. The van der Waals surface area contributed by atoms with E-state index < -0.39 is 32.4 Å². The fourth-order valence-electron chi connectivity index (χ4n) is 6.89. The van der Waals surface area contributed by atoms with Gasteiger partial charge in [0.25, 0.3) is 0 Å². The number of hydrogen-bond acceptors (Lipinski definition) is 7. The highest BCUT2D eigenvalue weighted by Gasteiger charge is 2.54. The van der Waals surface area contributed by atoms with Gasteiger partial charge in [0.2, 0.25) is 15.7 Å². The summed E-state index contributed by atoms with van der Waals surface area (Å²) in [6, 6.07) is 2.58. The molecule has 182 valence electrons. The zero-order valence-electron chi connectivity index (χ0n) is 19.3. The van der Waals surface area contributed by atoms with E-state index in [1.54, 1.807) is 13.8 Å². The number of carbonyl (C=O) groups is 1. The highest BCUT2D eigenvalue weighted by Crippen LogP contribution is 2.60. The lowest BCUT2D eigenvalue weighted by Crippen LogP contribution is -2.51. The Labute approximate surface area is 197 Å². The second-order valence-electron chi connectivity index (χ2n) is 11.4. The summed E-state index contributed by atoms with van der Waals surface area (Å²) >= 11 is 0. The van der Waals surface area contributed by atoms with E-state index in [2.05, 4.69) is 15.6 Å². The van der Waals surface area contributed by atoms with Crippen LogP contribution in [0.3, 0.4) is 0 Å². The molecule has 5 aliphatic rings. The van der Waals surface area contributed by atoms with E-state index in [-0.39, 0.29) is 34.3 Å². The Morgan fingerprint density at radius 1 is 1.15 bits per heavy atom. The van der Waals surface area contributed by atoms with Crippen molar-refractivity contribution in [2.24, 2.45) is 28.3 Å². The normalized spacial score (nSPS) is 31.5. The summed E-state index contributed by atoms with van der Waals surface area (Å²) in [7, 11) is -3.80. The number of benzene rings is 1. The summed E-state index contributed by atoms with van der Waals surface area (Å²) in [5, 5.41) is 10.7. The fourth-order valence-corrected chi connectivity index (χ4v) is 8.34. The molecule has 4 fully saturated rings. The fraction of sp³-hybridized carbons (Fsp3) is 0.625. The zero-order valence-corrected chi connectivity index (χ0v) is 20.1. The molecule has 7 rings (SSSR count). The van der Waals surface area contributed by atoms with Gasteiger partial charge in [-0.2, -0.15) is 0 Å². The van der Waals surface area contributed by atoms with Crippen molar-refractivity contribution >= 4 is 37.4 Å². The van der Waals surface area contributed by atoms with E-state index in [0.717, 1.165) is 25.3 Å². The molecule has 4 saturated carbocycles. The smallest absolute Gasteiger partial charge is 0.230 e. The van der Waals surface area contributed by atoms with Crippen LogP contribution >= 0.6 is 0 Å². The largest absolute Gasteiger partial charge is 0.389 e. The highest BCUT2D eigenvalue weighted by atomic mass is 32.2. The van der Waals surface area contributed by atoms with E-state index in [4.69, 9.17) is 9.36 Å². The van der Waals surface area contributed by atoms with Crippen LogP contribution in [0.1, 0.15) is 64.5 Å². The molecule has 0 radical (unpaired) electrons. The van der Waals surface area contributed by atoms with Crippen molar-refractivity contribution in [1.82, 2.24) is 5.16 Å². The van der Waals surface area contributed by atoms with Crippen molar-refractivity contribution in [2.75, 3.05) is 5.32 Å². The summed E-state index contributed by atoms with van der Waals surface area (Å²) in [5.41, 5.74) is -0.817. The van der Waals surface area contributed by atoms with Crippen LogP contribution in [0.5, 0.6) is 0 Å². The third-order valence-electron chi connectivity index (χ3n) is 8.06. The Kier molecular flexibility index (Phi) is 4.70. The Bertz CT molecular complexity index is 1290. The molecule has 4 bridgehead atoms. The Morgan fingerprint density at radius 2 is 1.79 bits per heavy atom. The molecule has 0 saturated heterocycles. The van der Waals surface area contributed by atoms with Crippen LogP contribution in [0.2, 0.25) is 0 Å². The minimum Gasteiger partial charge on any atom is -0.389 e. The molecule has 0 spiro atoms. The lowest BCUT2D eigenvalue weighted by atomic mass is 9.49. The average Bonchev–Trinajstić information content (AvgIpc) is 3.30. The number of aromatic nitrogens is 1. The van der Waals surface area contributed by atoms with Gasteiger partial charge in [-0.3, -0.25) is 4.79 Å². The van der Waals surface area contributed by atoms with Gasteiger partial charge in [0.1, 0.15) is 17.0 Å². The maximum atomic E-state index is 14.9. The molecular formula is C24H28FN3O5S. The van der Waals surface area contributed by atoms with E-state index >= 15 is 0 Å². The Balaban J connectivity index is 1.27. The van der Waals surface area contributed by atoms with Crippen LogP contribution in [0, 0.1) is 29.0 Å². The van der Waals surface area contributed by atoms with Crippen molar-refractivity contribution in [1.29, 1.82) is 0 Å². The van der Waals surface area contributed by atoms with Gasteiger partial charge < -0.3 is 14.7 Å². The number of rotatable bonds is 4. The van der Waals surface area contributed by atoms with Gasteiger partial charge in [-0.15, -0.1) is 0 Å². The third kappa shape index (κ3) is 3.61. The van der Waals surface area contributed by atoms with E-state index in [9.17, 15) is 17.6 Å². The minimum atomic E-state index is -3.80. The molecule has 0 atom stereocenters. The monoisotopic (exact) mass is 489 g/mol. The number of hydrogen-bond donors (Lipinski definition) is 1. The molecule has 1 N–H and O–H groups in total. The summed E-state index contributed by atoms with van der Waals surface area (Å²) in [6.07, 6.45) is 6.38. The van der Waals surface area contributed by atoms with Crippen molar-refractivity contribution in [2.45, 2.75) is 70.1 Å². The SMILES string of the molecule is CC1(C)CC(S(=O)(=O)Cc2noc3cc(F)c(NC(=O)C45CC6CC(CC(C6)C4)C5)cc23)=NO1. The number of anilines is 1. The first kappa shape index (κ1) is 22.0. The lowest BCUT2D eigenvalue weighted by molar-refractivity contribution is -0.140. The van der Waals surface area contributed by atoms with Gasteiger partial charge in [-0.25, -0.2) is 12.8 Å². The quantitative estimate of drug-likeness (QED) is 0.675. The average molecular weight is 490 g/mol. The van der Waals surface area contributed by atoms with Crippen LogP contribution < -0.4 is 5.32 Å². The predicted molar refractivity (Wildman–Crippen MR) is 123 cm³/mol. The van der Waals surface area contributed by atoms with Crippen LogP contribution in [0.15, 0.2) is 21.8 Å².